The molecule has 0 aliphatic heterocycles. The van der Waals surface area contributed by atoms with Gasteiger partial charge >= 0.3 is 5.97 Å². The molecule has 0 saturated carbocycles. The lowest BCUT2D eigenvalue weighted by molar-refractivity contribution is -0.139. The third-order valence-electron chi connectivity index (χ3n) is 2.96. The first-order valence-electron chi connectivity index (χ1n) is 5.47. The summed E-state index contributed by atoms with van der Waals surface area (Å²) < 4.78 is 4.98. The van der Waals surface area contributed by atoms with Crippen LogP contribution in [0.25, 0.3) is 0 Å². The zero-order chi connectivity index (χ0) is 11.8. The lowest BCUT2D eigenvalue weighted by atomic mass is 9.99. The predicted octanol–water partition coefficient (Wildman–Crippen LogP) is 1.45. The number of carboxylic acid groups (broad SMARTS) is 1. The fourth-order valence-corrected chi connectivity index (χ4v) is 1.51. The fourth-order valence-electron chi connectivity index (χ4n) is 1.51. The summed E-state index contributed by atoms with van der Waals surface area (Å²) in [6, 6.07) is 0.279. The van der Waals surface area contributed by atoms with Crippen molar-refractivity contribution >= 4 is 5.97 Å². The van der Waals surface area contributed by atoms with Crippen LogP contribution < -0.4 is 0 Å². The largest absolute Gasteiger partial charge is 0.480 e. The summed E-state index contributed by atoms with van der Waals surface area (Å²) in [6.45, 7) is 7.69. The first kappa shape index (κ1) is 14.4. The van der Waals surface area contributed by atoms with Crippen molar-refractivity contribution in [2.24, 2.45) is 5.92 Å². The SMILES string of the molecule is CCC(C)C(C)N(CCOC)CC(=O)O. The molecule has 0 heterocycles. The van der Waals surface area contributed by atoms with E-state index in [0.717, 1.165) is 6.42 Å². The Balaban J connectivity index is 4.25. The van der Waals surface area contributed by atoms with Crippen molar-refractivity contribution in [3.63, 3.8) is 0 Å². The van der Waals surface area contributed by atoms with E-state index in [-0.39, 0.29) is 12.6 Å². The average molecular weight is 217 g/mol. The van der Waals surface area contributed by atoms with Gasteiger partial charge in [-0.15, -0.1) is 0 Å². The zero-order valence-corrected chi connectivity index (χ0v) is 10.2. The molecule has 2 unspecified atom stereocenters. The van der Waals surface area contributed by atoms with Crippen molar-refractivity contribution < 1.29 is 14.6 Å². The number of ether oxygens (including phenoxy) is 1. The number of nitrogens with zero attached hydrogens (tertiary/aromatic N) is 1. The van der Waals surface area contributed by atoms with E-state index < -0.39 is 5.97 Å². The third-order valence-corrected chi connectivity index (χ3v) is 2.96. The number of hydrogen-bond donors (Lipinski definition) is 1. The van der Waals surface area contributed by atoms with Crippen LogP contribution in [0.1, 0.15) is 27.2 Å². The van der Waals surface area contributed by atoms with Gasteiger partial charge in [-0.2, -0.15) is 0 Å². The molecule has 0 aromatic heterocycles. The Morgan fingerprint density at radius 2 is 2.07 bits per heavy atom. The van der Waals surface area contributed by atoms with Crippen molar-refractivity contribution in [2.45, 2.75) is 33.2 Å². The zero-order valence-electron chi connectivity index (χ0n) is 10.2. The summed E-state index contributed by atoms with van der Waals surface area (Å²) in [5.41, 5.74) is 0. The Bertz CT molecular complexity index is 185. The van der Waals surface area contributed by atoms with Gasteiger partial charge in [-0.1, -0.05) is 20.3 Å². The van der Waals surface area contributed by atoms with Gasteiger partial charge < -0.3 is 9.84 Å². The molecule has 0 amide bonds. The van der Waals surface area contributed by atoms with Crippen molar-refractivity contribution in [3.8, 4) is 0 Å². The normalized spacial score (nSPS) is 15.3. The van der Waals surface area contributed by atoms with Gasteiger partial charge in [0.1, 0.15) is 0 Å². The van der Waals surface area contributed by atoms with Gasteiger partial charge in [0, 0.05) is 19.7 Å². The Hall–Kier alpha value is -0.610. The van der Waals surface area contributed by atoms with Crippen molar-refractivity contribution in [3.05, 3.63) is 0 Å². The second-order valence-electron chi connectivity index (χ2n) is 3.98. The Morgan fingerprint density at radius 3 is 2.47 bits per heavy atom. The summed E-state index contributed by atoms with van der Waals surface area (Å²) in [4.78, 5) is 12.7. The van der Waals surface area contributed by atoms with Gasteiger partial charge in [-0.05, 0) is 12.8 Å². The van der Waals surface area contributed by atoms with E-state index in [1.807, 2.05) is 4.90 Å². The molecule has 0 bridgehead atoms. The molecule has 2 atom stereocenters. The number of carboxylic acids is 1. The van der Waals surface area contributed by atoms with E-state index in [0.29, 0.717) is 19.1 Å². The molecule has 0 aromatic carbocycles. The predicted molar refractivity (Wildman–Crippen MR) is 60.0 cm³/mol. The summed E-state index contributed by atoms with van der Waals surface area (Å²) in [5.74, 6) is -0.275. The maximum absolute atomic E-state index is 10.7. The molecule has 0 aliphatic rings. The van der Waals surface area contributed by atoms with Gasteiger partial charge in [0.05, 0.1) is 13.2 Å². The van der Waals surface area contributed by atoms with Gasteiger partial charge in [0.25, 0.3) is 0 Å². The minimum atomic E-state index is -0.777. The third kappa shape index (κ3) is 5.74. The molecule has 0 aromatic rings. The molecule has 15 heavy (non-hydrogen) atoms. The number of aliphatic carboxylic acids is 1. The van der Waals surface area contributed by atoms with Crippen molar-refractivity contribution in [1.82, 2.24) is 4.90 Å². The van der Waals surface area contributed by atoms with Crippen molar-refractivity contribution in [1.29, 1.82) is 0 Å². The summed E-state index contributed by atoms with van der Waals surface area (Å²) >= 11 is 0. The molecule has 0 saturated heterocycles. The van der Waals surface area contributed by atoms with Gasteiger partial charge in [0.15, 0.2) is 0 Å². The molecular weight excluding hydrogens is 194 g/mol. The molecule has 0 aliphatic carbocycles. The van der Waals surface area contributed by atoms with E-state index in [1.165, 1.54) is 0 Å². The minimum absolute atomic E-state index is 0.0921. The molecule has 90 valence electrons. The van der Waals surface area contributed by atoms with E-state index in [4.69, 9.17) is 9.84 Å². The van der Waals surface area contributed by atoms with Crippen LogP contribution in [-0.4, -0.2) is 48.8 Å². The summed E-state index contributed by atoms with van der Waals surface area (Å²) in [7, 11) is 1.63. The molecule has 0 rings (SSSR count). The number of rotatable bonds is 8. The standard InChI is InChI=1S/C11H23NO3/c1-5-9(2)10(3)12(6-7-15-4)8-11(13)14/h9-10H,5-8H2,1-4H3,(H,13,14). The summed E-state index contributed by atoms with van der Waals surface area (Å²) in [5, 5.41) is 8.80. The van der Waals surface area contributed by atoms with E-state index in [2.05, 4.69) is 20.8 Å². The maximum Gasteiger partial charge on any atom is 0.317 e. The molecule has 0 fully saturated rings. The Labute approximate surface area is 92.2 Å². The molecule has 0 spiro atoms. The topological polar surface area (TPSA) is 49.8 Å². The van der Waals surface area contributed by atoms with Gasteiger partial charge in [0.2, 0.25) is 0 Å². The first-order chi connectivity index (χ1) is 7.02. The highest BCUT2D eigenvalue weighted by Gasteiger charge is 2.20. The quantitative estimate of drug-likeness (QED) is 0.668. The number of carbonyl (C=O) groups is 1. The van der Waals surface area contributed by atoms with Crippen LogP contribution in [0.5, 0.6) is 0 Å². The van der Waals surface area contributed by atoms with Crippen LogP contribution in [0.2, 0.25) is 0 Å². The van der Waals surface area contributed by atoms with Crippen molar-refractivity contribution in [2.75, 3.05) is 26.8 Å². The average Bonchev–Trinajstić information content (AvgIpc) is 2.21. The molecule has 0 radical (unpaired) electrons. The van der Waals surface area contributed by atoms with Crippen LogP contribution in [0.4, 0.5) is 0 Å². The monoisotopic (exact) mass is 217 g/mol. The highest BCUT2D eigenvalue weighted by molar-refractivity contribution is 5.69. The lowest BCUT2D eigenvalue weighted by Crippen LogP contribution is -2.42. The first-order valence-corrected chi connectivity index (χ1v) is 5.47. The molecular formula is C11H23NO3. The smallest absolute Gasteiger partial charge is 0.317 e. The molecule has 4 heteroatoms. The van der Waals surface area contributed by atoms with Crippen LogP contribution in [0.15, 0.2) is 0 Å². The fraction of sp³-hybridized carbons (Fsp3) is 0.909. The van der Waals surface area contributed by atoms with Crippen LogP contribution in [-0.2, 0) is 9.53 Å². The molecule has 4 nitrogen and oxygen atoms in total. The van der Waals surface area contributed by atoms with Crippen LogP contribution in [0, 0.1) is 5.92 Å². The maximum atomic E-state index is 10.7. The van der Waals surface area contributed by atoms with Crippen LogP contribution in [0.3, 0.4) is 0 Å². The highest BCUT2D eigenvalue weighted by atomic mass is 16.5. The number of methoxy groups -OCH3 is 1. The van der Waals surface area contributed by atoms with E-state index in [1.54, 1.807) is 7.11 Å². The van der Waals surface area contributed by atoms with E-state index >= 15 is 0 Å². The van der Waals surface area contributed by atoms with E-state index in [9.17, 15) is 4.79 Å². The minimum Gasteiger partial charge on any atom is -0.480 e. The highest BCUT2D eigenvalue weighted by Crippen LogP contribution is 2.13. The van der Waals surface area contributed by atoms with Gasteiger partial charge in [-0.25, -0.2) is 0 Å². The second kappa shape index (κ2) is 7.65. The Morgan fingerprint density at radius 1 is 1.47 bits per heavy atom. The lowest BCUT2D eigenvalue weighted by Gasteiger charge is -2.31. The van der Waals surface area contributed by atoms with Gasteiger partial charge in [-0.3, -0.25) is 9.69 Å². The summed E-state index contributed by atoms with van der Waals surface area (Å²) in [6.07, 6.45) is 1.06. The number of hydrogen-bond acceptors (Lipinski definition) is 3. The van der Waals surface area contributed by atoms with Crippen LogP contribution >= 0.6 is 0 Å². The Kier molecular flexibility index (Phi) is 7.34. The molecule has 1 N–H and O–H groups in total. The second-order valence-corrected chi connectivity index (χ2v) is 3.98.